The standard InChI is InChI=1S/C12H12N2O/c1-3-11-9-7-5-6-8-10(9)12(15)14(4-2)13-11/h3,5-8H,1,4H2,2H3. The number of hydrogen-bond donors (Lipinski definition) is 0. The molecule has 3 nitrogen and oxygen atoms in total. The lowest BCUT2D eigenvalue weighted by molar-refractivity contribution is 0.620. The first-order valence-electron chi connectivity index (χ1n) is 4.90. The molecular weight excluding hydrogens is 188 g/mol. The highest BCUT2D eigenvalue weighted by Gasteiger charge is 2.05. The molecule has 0 amide bonds. The summed E-state index contributed by atoms with van der Waals surface area (Å²) < 4.78 is 1.46. The Labute approximate surface area is 87.7 Å². The van der Waals surface area contributed by atoms with Gasteiger partial charge in [0, 0.05) is 11.9 Å². The average Bonchev–Trinajstić information content (AvgIpc) is 2.30. The third-order valence-electron chi connectivity index (χ3n) is 2.39. The number of nitrogens with zero attached hydrogens (tertiary/aromatic N) is 2. The zero-order chi connectivity index (χ0) is 10.8. The van der Waals surface area contributed by atoms with Crippen LogP contribution in [0, 0.1) is 0 Å². The molecular formula is C12H12N2O. The second kappa shape index (κ2) is 3.69. The Kier molecular flexibility index (Phi) is 2.37. The highest BCUT2D eigenvalue weighted by Crippen LogP contribution is 2.13. The van der Waals surface area contributed by atoms with Crippen LogP contribution >= 0.6 is 0 Å². The number of hydrogen-bond acceptors (Lipinski definition) is 2. The summed E-state index contributed by atoms with van der Waals surface area (Å²) in [5.74, 6) is 0. The molecule has 2 rings (SSSR count). The van der Waals surface area contributed by atoms with Gasteiger partial charge < -0.3 is 0 Å². The molecule has 0 fully saturated rings. The van der Waals surface area contributed by atoms with Gasteiger partial charge in [-0.1, -0.05) is 24.8 Å². The Balaban J connectivity index is 2.96. The summed E-state index contributed by atoms with van der Waals surface area (Å²) in [6, 6.07) is 7.46. The van der Waals surface area contributed by atoms with Crippen molar-refractivity contribution >= 4 is 16.8 Å². The summed E-state index contributed by atoms with van der Waals surface area (Å²) in [5.41, 5.74) is 0.714. The normalized spacial score (nSPS) is 10.5. The molecule has 1 aromatic carbocycles. The molecule has 0 N–H and O–H groups in total. The minimum atomic E-state index is -0.0429. The molecule has 0 aliphatic carbocycles. The van der Waals surface area contributed by atoms with Crippen molar-refractivity contribution in [2.75, 3.05) is 0 Å². The lowest BCUT2D eigenvalue weighted by Gasteiger charge is -2.05. The number of aryl methyl sites for hydroxylation is 1. The van der Waals surface area contributed by atoms with Gasteiger partial charge in [0.05, 0.1) is 11.1 Å². The largest absolute Gasteiger partial charge is 0.274 e. The smallest absolute Gasteiger partial charge is 0.267 e. The minimum Gasteiger partial charge on any atom is -0.267 e. The summed E-state index contributed by atoms with van der Waals surface area (Å²) in [4.78, 5) is 11.9. The fourth-order valence-electron chi connectivity index (χ4n) is 1.63. The van der Waals surface area contributed by atoms with Crippen molar-refractivity contribution in [2.45, 2.75) is 13.5 Å². The lowest BCUT2D eigenvalue weighted by atomic mass is 10.1. The Hall–Kier alpha value is -1.90. The molecule has 0 aliphatic rings. The van der Waals surface area contributed by atoms with Crippen molar-refractivity contribution in [1.29, 1.82) is 0 Å². The molecule has 0 spiro atoms. The fraction of sp³-hybridized carbons (Fsp3) is 0.167. The Morgan fingerprint density at radius 2 is 2.07 bits per heavy atom. The Morgan fingerprint density at radius 3 is 2.67 bits per heavy atom. The van der Waals surface area contributed by atoms with E-state index >= 15 is 0 Å². The van der Waals surface area contributed by atoms with Crippen LogP contribution in [0.25, 0.3) is 16.8 Å². The van der Waals surface area contributed by atoms with Crippen LogP contribution in [0.4, 0.5) is 0 Å². The lowest BCUT2D eigenvalue weighted by Crippen LogP contribution is -2.22. The fourth-order valence-corrected chi connectivity index (χ4v) is 1.63. The van der Waals surface area contributed by atoms with Crippen LogP contribution in [0.1, 0.15) is 12.6 Å². The van der Waals surface area contributed by atoms with Crippen molar-refractivity contribution in [3.8, 4) is 0 Å². The Morgan fingerprint density at radius 1 is 1.40 bits per heavy atom. The molecule has 3 heteroatoms. The molecule has 1 heterocycles. The van der Waals surface area contributed by atoms with Crippen LogP contribution in [-0.4, -0.2) is 9.78 Å². The molecule has 15 heavy (non-hydrogen) atoms. The number of aromatic nitrogens is 2. The maximum absolute atomic E-state index is 11.9. The van der Waals surface area contributed by atoms with Crippen LogP contribution in [-0.2, 0) is 6.54 Å². The van der Waals surface area contributed by atoms with Gasteiger partial charge in [-0.25, -0.2) is 4.68 Å². The van der Waals surface area contributed by atoms with Gasteiger partial charge in [-0.2, -0.15) is 5.10 Å². The molecule has 76 valence electrons. The molecule has 1 aromatic heterocycles. The topological polar surface area (TPSA) is 34.9 Å². The van der Waals surface area contributed by atoms with Gasteiger partial charge in [0.25, 0.3) is 5.56 Å². The van der Waals surface area contributed by atoms with Gasteiger partial charge >= 0.3 is 0 Å². The van der Waals surface area contributed by atoms with Crippen LogP contribution < -0.4 is 5.56 Å². The SMILES string of the molecule is C=Cc1nn(CC)c(=O)c2ccccc12. The number of benzene rings is 1. The van der Waals surface area contributed by atoms with Crippen molar-refractivity contribution in [2.24, 2.45) is 0 Å². The number of rotatable bonds is 2. The zero-order valence-electron chi connectivity index (χ0n) is 8.60. The first-order chi connectivity index (χ1) is 7.27. The van der Waals surface area contributed by atoms with Gasteiger partial charge in [0.1, 0.15) is 0 Å². The molecule has 0 saturated carbocycles. The quantitative estimate of drug-likeness (QED) is 0.743. The molecule has 0 bridgehead atoms. The number of fused-ring (bicyclic) bond motifs is 1. The van der Waals surface area contributed by atoms with Crippen molar-refractivity contribution in [3.63, 3.8) is 0 Å². The maximum Gasteiger partial charge on any atom is 0.274 e. The first-order valence-corrected chi connectivity index (χ1v) is 4.90. The average molecular weight is 200 g/mol. The van der Waals surface area contributed by atoms with Crippen LogP contribution in [0.2, 0.25) is 0 Å². The van der Waals surface area contributed by atoms with Crippen molar-refractivity contribution in [1.82, 2.24) is 9.78 Å². The Bertz CT molecular complexity index is 569. The van der Waals surface area contributed by atoms with Crippen LogP contribution in [0.15, 0.2) is 35.6 Å². The summed E-state index contributed by atoms with van der Waals surface area (Å²) in [6.07, 6.45) is 1.67. The third-order valence-corrected chi connectivity index (χ3v) is 2.39. The van der Waals surface area contributed by atoms with Gasteiger partial charge in [0.2, 0.25) is 0 Å². The predicted octanol–water partition coefficient (Wildman–Crippen LogP) is 2.06. The molecule has 0 radical (unpaired) electrons. The highest BCUT2D eigenvalue weighted by atomic mass is 16.1. The minimum absolute atomic E-state index is 0.0429. The second-order valence-electron chi connectivity index (χ2n) is 3.26. The summed E-state index contributed by atoms with van der Waals surface area (Å²) in [5, 5.41) is 5.79. The van der Waals surface area contributed by atoms with Crippen molar-refractivity contribution in [3.05, 3.63) is 46.9 Å². The predicted molar refractivity (Wildman–Crippen MR) is 61.8 cm³/mol. The van der Waals surface area contributed by atoms with E-state index in [-0.39, 0.29) is 5.56 Å². The van der Waals surface area contributed by atoms with E-state index in [0.29, 0.717) is 11.9 Å². The van der Waals surface area contributed by atoms with Crippen LogP contribution in [0.5, 0.6) is 0 Å². The third kappa shape index (κ3) is 1.46. The van der Waals surface area contributed by atoms with Gasteiger partial charge in [-0.15, -0.1) is 0 Å². The van der Waals surface area contributed by atoms with Gasteiger partial charge in [-0.3, -0.25) is 4.79 Å². The molecule has 0 aliphatic heterocycles. The van der Waals surface area contributed by atoms with E-state index in [1.54, 1.807) is 6.08 Å². The van der Waals surface area contributed by atoms with E-state index in [1.165, 1.54) is 4.68 Å². The summed E-state index contributed by atoms with van der Waals surface area (Å²) in [6.45, 7) is 6.18. The van der Waals surface area contributed by atoms with E-state index in [9.17, 15) is 4.79 Å². The molecule has 0 saturated heterocycles. The maximum atomic E-state index is 11.9. The molecule has 0 atom stereocenters. The summed E-state index contributed by atoms with van der Waals surface area (Å²) in [7, 11) is 0. The van der Waals surface area contributed by atoms with E-state index < -0.39 is 0 Å². The van der Waals surface area contributed by atoms with Gasteiger partial charge in [-0.05, 0) is 19.1 Å². The van der Waals surface area contributed by atoms with E-state index in [0.717, 1.165) is 11.1 Å². The molecule has 0 unspecified atom stereocenters. The zero-order valence-corrected chi connectivity index (χ0v) is 8.60. The van der Waals surface area contributed by atoms with E-state index in [4.69, 9.17) is 0 Å². The van der Waals surface area contributed by atoms with Crippen molar-refractivity contribution < 1.29 is 0 Å². The van der Waals surface area contributed by atoms with E-state index in [1.807, 2.05) is 31.2 Å². The second-order valence-corrected chi connectivity index (χ2v) is 3.26. The summed E-state index contributed by atoms with van der Waals surface area (Å²) >= 11 is 0. The monoisotopic (exact) mass is 200 g/mol. The van der Waals surface area contributed by atoms with Crippen LogP contribution in [0.3, 0.4) is 0 Å². The molecule has 2 aromatic rings. The first kappa shape index (κ1) is 9.65. The van der Waals surface area contributed by atoms with E-state index in [2.05, 4.69) is 11.7 Å². The highest BCUT2D eigenvalue weighted by molar-refractivity contribution is 5.87. The van der Waals surface area contributed by atoms with Gasteiger partial charge in [0.15, 0.2) is 0 Å².